The number of hydrogen-bond acceptors (Lipinski definition) is 6. The van der Waals surface area contributed by atoms with Crippen molar-refractivity contribution in [3.05, 3.63) is 63.1 Å². The molecule has 0 radical (unpaired) electrons. The van der Waals surface area contributed by atoms with Crippen LogP contribution < -0.4 is 15.8 Å². The van der Waals surface area contributed by atoms with Crippen LogP contribution in [0.15, 0.2) is 29.2 Å². The number of benzene rings is 1. The number of nitrogens with zero attached hydrogens (tertiary/aromatic N) is 3. The number of rotatable bonds is 8. The standard InChI is InChI=1S/C23H26F2N4O4S/c1-4-27-13-28(8-7-23(2,3)12-34)29-11-16(19(30)20(31)18(29)22(27)33)21(32)26-10-14-5-6-15(24)9-17(14)25/h5-6,9,11-12,31H,4,7-8,10,13H2,1-3H3,(H,26,32). The quantitative estimate of drug-likeness (QED) is 0.550. The number of aromatic hydroxyl groups is 1. The Balaban J connectivity index is 1.96. The lowest BCUT2D eigenvalue weighted by atomic mass is 9.92. The van der Waals surface area contributed by atoms with Crippen LogP contribution in [0.5, 0.6) is 5.75 Å². The van der Waals surface area contributed by atoms with Gasteiger partial charge in [0, 0.05) is 37.5 Å². The molecule has 2 aromatic rings. The van der Waals surface area contributed by atoms with Gasteiger partial charge in [-0.25, -0.2) is 8.78 Å². The molecule has 2 heterocycles. The van der Waals surface area contributed by atoms with Gasteiger partial charge in [-0.2, -0.15) is 0 Å². The molecule has 0 saturated heterocycles. The molecule has 0 bridgehead atoms. The Morgan fingerprint density at radius 1 is 1.29 bits per heavy atom. The van der Waals surface area contributed by atoms with Gasteiger partial charge < -0.3 is 15.3 Å². The summed E-state index contributed by atoms with van der Waals surface area (Å²) in [6.45, 7) is 6.35. The van der Waals surface area contributed by atoms with Crippen molar-refractivity contribution < 1.29 is 23.5 Å². The first-order valence-electron chi connectivity index (χ1n) is 10.7. The third kappa shape index (κ3) is 5.09. The molecule has 182 valence electrons. The van der Waals surface area contributed by atoms with Crippen molar-refractivity contribution in [1.82, 2.24) is 14.9 Å². The zero-order chi connectivity index (χ0) is 25.2. The monoisotopic (exact) mass is 492 g/mol. The van der Waals surface area contributed by atoms with Crippen LogP contribution in [0, 0.1) is 17.0 Å². The molecule has 8 nitrogen and oxygen atoms in total. The Labute approximate surface area is 200 Å². The molecule has 0 aliphatic carbocycles. The van der Waals surface area contributed by atoms with Crippen LogP contribution >= 0.6 is 12.2 Å². The lowest BCUT2D eigenvalue weighted by Crippen LogP contribution is -2.55. The van der Waals surface area contributed by atoms with Crippen molar-refractivity contribution in [2.24, 2.45) is 5.41 Å². The Bertz CT molecular complexity index is 1200. The van der Waals surface area contributed by atoms with Gasteiger partial charge in [0.1, 0.15) is 23.9 Å². The lowest BCUT2D eigenvalue weighted by molar-refractivity contribution is 0.0694. The molecule has 2 amide bonds. The summed E-state index contributed by atoms with van der Waals surface area (Å²) in [4.78, 5) is 39.9. The molecule has 1 aromatic heterocycles. The molecule has 0 atom stereocenters. The summed E-state index contributed by atoms with van der Waals surface area (Å²) < 4.78 is 28.3. The van der Waals surface area contributed by atoms with Crippen LogP contribution in [0.25, 0.3) is 0 Å². The molecule has 0 saturated carbocycles. The van der Waals surface area contributed by atoms with Gasteiger partial charge >= 0.3 is 0 Å². The zero-order valence-electron chi connectivity index (χ0n) is 19.1. The Kier molecular flexibility index (Phi) is 7.35. The molecular weight excluding hydrogens is 466 g/mol. The van der Waals surface area contributed by atoms with E-state index in [0.29, 0.717) is 25.6 Å². The fourth-order valence-electron chi connectivity index (χ4n) is 3.49. The van der Waals surface area contributed by atoms with Gasteiger partial charge in [0.05, 0.1) is 0 Å². The number of nitrogens with one attached hydrogen (secondary N) is 1. The maximum atomic E-state index is 13.9. The number of carbonyl (C=O) groups is 2. The Hall–Kier alpha value is -3.34. The van der Waals surface area contributed by atoms with Crippen LogP contribution in [0.4, 0.5) is 8.78 Å². The molecule has 1 aliphatic heterocycles. The zero-order valence-corrected chi connectivity index (χ0v) is 19.9. The second kappa shape index (κ2) is 9.88. The van der Waals surface area contributed by atoms with Crippen LogP contribution in [0.1, 0.15) is 53.6 Å². The van der Waals surface area contributed by atoms with E-state index in [0.717, 1.165) is 6.07 Å². The topological polar surface area (TPSA) is 94.9 Å². The number of carbonyl (C=O) groups excluding carboxylic acids is 2. The van der Waals surface area contributed by atoms with E-state index >= 15 is 0 Å². The third-order valence-corrected chi connectivity index (χ3v) is 6.35. The second-order valence-electron chi connectivity index (χ2n) is 8.72. The first-order valence-corrected chi connectivity index (χ1v) is 11.2. The van der Waals surface area contributed by atoms with Gasteiger partial charge in [-0.3, -0.25) is 24.1 Å². The van der Waals surface area contributed by atoms with E-state index in [1.165, 1.54) is 21.8 Å². The summed E-state index contributed by atoms with van der Waals surface area (Å²) >= 11 is 5.08. The molecule has 2 N–H and O–H groups in total. The van der Waals surface area contributed by atoms with Gasteiger partial charge in [-0.05, 0) is 30.2 Å². The maximum Gasteiger partial charge on any atom is 0.277 e. The van der Waals surface area contributed by atoms with E-state index in [1.54, 1.807) is 17.3 Å². The summed E-state index contributed by atoms with van der Waals surface area (Å²) in [5.74, 6) is -3.86. The van der Waals surface area contributed by atoms with Crippen molar-refractivity contribution in [1.29, 1.82) is 0 Å². The van der Waals surface area contributed by atoms with E-state index in [1.807, 2.05) is 13.8 Å². The molecule has 3 rings (SSSR count). The van der Waals surface area contributed by atoms with Gasteiger partial charge in [-0.1, -0.05) is 32.1 Å². The minimum atomic E-state index is -1.02. The molecule has 0 spiro atoms. The lowest BCUT2D eigenvalue weighted by Gasteiger charge is -2.40. The van der Waals surface area contributed by atoms with Crippen molar-refractivity contribution in [3.63, 3.8) is 0 Å². The van der Waals surface area contributed by atoms with Crippen molar-refractivity contribution >= 4 is 29.4 Å². The third-order valence-electron chi connectivity index (χ3n) is 5.71. The maximum absolute atomic E-state index is 13.9. The van der Waals surface area contributed by atoms with Crippen LogP contribution in [-0.2, 0) is 6.54 Å². The van der Waals surface area contributed by atoms with Gasteiger partial charge in [0.25, 0.3) is 11.8 Å². The minimum absolute atomic E-state index is 0.0230. The van der Waals surface area contributed by atoms with E-state index in [2.05, 4.69) is 5.32 Å². The molecule has 0 fully saturated rings. The first kappa shape index (κ1) is 25.3. The molecule has 1 aromatic carbocycles. The van der Waals surface area contributed by atoms with Crippen LogP contribution in [0.3, 0.4) is 0 Å². The normalized spacial score (nSPS) is 13.6. The average molecular weight is 493 g/mol. The second-order valence-corrected chi connectivity index (χ2v) is 8.96. The smallest absolute Gasteiger partial charge is 0.277 e. The summed E-state index contributed by atoms with van der Waals surface area (Å²) in [6, 6.07) is 2.92. The summed E-state index contributed by atoms with van der Waals surface area (Å²) in [6.07, 6.45) is 1.81. The predicted octanol–water partition coefficient (Wildman–Crippen LogP) is 2.55. The van der Waals surface area contributed by atoms with Gasteiger partial charge in [-0.15, -0.1) is 0 Å². The van der Waals surface area contributed by atoms with Crippen molar-refractivity contribution in [2.45, 2.75) is 33.7 Å². The fraction of sp³-hybridized carbons (Fsp3) is 0.391. The van der Waals surface area contributed by atoms with E-state index in [9.17, 15) is 28.3 Å². The molecule has 34 heavy (non-hydrogen) atoms. The first-order chi connectivity index (χ1) is 16.0. The number of aromatic nitrogens is 1. The number of halogens is 2. The summed E-state index contributed by atoms with van der Waals surface area (Å²) in [5, 5.41) is 16.4. The number of hydrogen-bond donors (Lipinski definition) is 2. The van der Waals surface area contributed by atoms with Gasteiger partial charge in [0.2, 0.25) is 5.43 Å². The highest BCUT2D eigenvalue weighted by molar-refractivity contribution is 7.79. The molecule has 1 aliphatic rings. The Morgan fingerprint density at radius 2 is 2.00 bits per heavy atom. The Morgan fingerprint density at radius 3 is 2.62 bits per heavy atom. The highest BCUT2D eigenvalue weighted by atomic mass is 32.1. The highest BCUT2D eigenvalue weighted by Crippen LogP contribution is 2.24. The number of amides is 2. The largest absolute Gasteiger partial charge is 0.502 e. The molecule has 0 unspecified atom stereocenters. The predicted molar refractivity (Wildman–Crippen MR) is 127 cm³/mol. The highest BCUT2D eigenvalue weighted by Gasteiger charge is 2.34. The van der Waals surface area contributed by atoms with E-state index in [4.69, 9.17) is 12.2 Å². The van der Waals surface area contributed by atoms with Gasteiger partial charge in [0.15, 0.2) is 11.4 Å². The number of pyridine rings is 1. The molecule has 11 heteroatoms. The number of thiocarbonyl (C=S) groups is 1. The van der Waals surface area contributed by atoms with E-state index < -0.39 is 40.2 Å². The average Bonchev–Trinajstić information content (AvgIpc) is 2.79. The van der Waals surface area contributed by atoms with Crippen LogP contribution in [-0.4, -0.2) is 51.6 Å². The summed E-state index contributed by atoms with van der Waals surface area (Å²) in [5.41, 5.74) is -1.93. The SMILES string of the molecule is CCN1CN(CCC(C)(C)C=S)n2cc(C(=O)NCc3ccc(F)cc3F)c(=O)c(O)c2C1=O. The fourth-order valence-corrected chi connectivity index (χ4v) is 3.60. The summed E-state index contributed by atoms with van der Waals surface area (Å²) in [7, 11) is 0. The van der Waals surface area contributed by atoms with Crippen LogP contribution in [0.2, 0.25) is 0 Å². The minimum Gasteiger partial charge on any atom is -0.502 e. The van der Waals surface area contributed by atoms with Crippen molar-refractivity contribution in [2.75, 3.05) is 24.8 Å². The number of fused-ring (bicyclic) bond motifs is 1. The van der Waals surface area contributed by atoms with Crippen molar-refractivity contribution in [3.8, 4) is 5.75 Å². The molecular formula is C23H26F2N4O4S. The van der Waals surface area contributed by atoms with E-state index in [-0.39, 0.29) is 29.9 Å².